The van der Waals surface area contributed by atoms with Crippen LogP contribution in [0.15, 0.2) is 90.0 Å². The number of rotatable bonds is 5. The Hall–Kier alpha value is -1.87. The quantitative estimate of drug-likeness (QED) is 0.301. The highest BCUT2D eigenvalue weighted by Crippen LogP contribution is 2.32. The summed E-state index contributed by atoms with van der Waals surface area (Å²) in [6.07, 6.45) is 1.84. The molecule has 0 unspecified atom stereocenters. The number of thioether (sulfide) groups is 1. The van der Waals surface area contributed by atoms with Gasteiger partial charge in [0.15, 0.2) is 5.17 Å². The molecule has 0 atom stereocenters. The lowest BCUT2D eigenvalue weighted by Crippen LogP contribution is -2.19. The van der Waals surface area contributed by atoms with Crippen LogP contribution in [0, 0.1) is 0 Å². The summed E-state index contributed by atoms with van der Waals surface area (Å²) in [5.41, 5.74) is 2.75. The molecule has 3 aromatic rings. The second-order valence-electron chi connectivity index (χ2n) is 6.57. The van der Waals surface area contributed by atoms with Gasteiger partial charge >= 0.3 is 0 Å². The van der Waals surface area contributed by atoms with E-state index in [1.54, 1.807) is 0 Å². The van der Waals surface area contributed by atoms with Gasteiger partial charge in [0.1, 0.15) is 12.4 Å². The highest BCUT2D eigenvalue weighted by molar-refractivity contribution is 9.11. The van der Waals surface area contributed by atoms with Gasteiger partial charge in [0.25, 0.3) is 5.91 Å². The highest BCUT2D eigenvalue weighted by atomic mass is 79.9. The van der Waals surface area contributed by atoms with E-state index in [2.05, 4.69) is 58.1 Å². The maximum absolute atomic E-state index is 12.4. The number of carbonyl (C=O) groups excluding carboxylic acids is 1. The minimum atomic E-state index is -0.162. The van der Waals surface area contributed by atoms with Crippen LogP contribution in [0.3, 0.4) is 0 Å². The predicted octanol–water partition coefficient (Wildman–Crippen LogP) is 7.44. The molecule has 0 spiro atoms. The molecule has 1 aliphatic heterocycles. The van der Waals surface area contributed by atoms with Gasteiger partial charge in [-0.2, -0.15) is 0 Å². The van der Waals surface area contributed by atoms with E-state index in [4.69, 9.17) is 4.74 Å². The Morgan fingerprint density at radius 3 is 2.52 bits per heavy atom. The molecule has 1 heterocycles. The minimum absolute atomic E-state index is 0.162. The molecule has 0 aromatic heterocycles. The van der Waals surface area contributed by atoms with Crippen LogP contribution in [0.5, 0.6) is 5.75 Å². The number of hydrogen-bond acceptors (Lipinski definition) is 4. The summed E-state index contributed by atoms with van der Waals surface area (Å²) in [6, 6.07) is 21.4. The summed E-state index contributed by atoms with van der Waals surface area (Å²) < 4.78 is 8.71. The molecule has 1 saturated heterocycles. The number of carbonyl (C=O) groups is 1. The molecule has 1 amide bonds. The molecule has 31 heavy (non-hydrogen) atoms. The summed E-state index contributed by atoms with van der Waals surface area (Å²) in [7, 11) is 0. The van der Waals surface area contributed by atoms with Crippen molar-refractivity contribution < 1.29 is 9.53 Å². The van der Waals surface area contributed by atoms with Gasteiger partial charge in [-0.3, -0.25) is 4.79 Å². The fourth-order valence-corrected chi connectivity index (χ4v) is 4.76. The number of amides is 1. The van der Waals surface area contributed by atoms with Crippen molar-refractivity contribution in [2.24, 2.45) is 4.99 Å². The van der Waals surface area contributed by atoms with Gasteiger partial charge < -0.3 is 10.1 Å². The van der Waals surface area contributed by atoms with Crippen molar-refractivity contribution in [3.63, 3.8) is 0 Å². The lowest BCUT2D eigenvalue weighted by molar-refractivity contribution is -0.115. The second-order valence-corrected chi connectivity index (χ2v) is 10.3. The van der Waals surface area contributed by atoms with E-state index >= 15 is 0 Å². The molecule has 0 aliphatic carbocycles. The fourth-order valence-electron chi connectivity index (χ4n) is 2.76. The molecule has 0 bridgehead atoms. The summed E-state index contributed by atoms with van der Waals surface area (Å²) in [5.74, 6) is 0.580. The number of ether oxygens (including phenoxy) is 1. The van der Waals surface area contributed by atoms with Crippen molar-refractivity contribution in [2.75, 3.05) is 0 Å². The fraction of sp³-hybridized carbons (Fsp3) is 0.0435. The lowest BCUT2D eigenvalue weighted by Gasteiger charge is -2.09. The zero-order valence-electron chi connectivity index (χ0n) is 15.9. The number of hydrogen-bond donors (Lipinski definition) is 1. The van der Waals surface area contributed by atoms with Crippen LogP contribution in [-0.2, 0) is 11.4 Å². The molecule has 3 aromatic carbocycles. The Labute approximate surface area is 209 Å². The van der Waals surface area contributed by atoms with Crippen LogP contribution < -0.4 is 10.1 Å². The second kappa shape index (κ2) is 10.2. The number of halogens is 3. The van der Waals surface area contributed by atoms with Gasteiger partial charge in [0.05, 0.1) is 15.1 Å². The number of nitrogens with one attached hydrogen (secondary N) is 1. The Morgan fingerprint density at radius 2 is 1.77 bits per heavy atom. The number of amidine groups is 1. The van der Waals surface area contributed by atoms with Crippen LogP contribution in [0.2, 0.25) is 0 Å². The molecule has 0 radical (unpaired) electrons. The van der Waals surface area contributed by atoms with E-state index in [0.29, 0.717) is 16.7 Å². The Morgan fingerprint density at radius 1 is 0.968 bits per heavy atom. The van der Waals surface area contributed by atoms with E-state index in [1.807, 2.05) is 72.8 Å². The summed E-state index contributed by atoms with van der Waals surface area (Å²) >= 11 is 11.7. The molecule has 4 rings (SSSR count). The average Bonchev–Trinajstić information content (AvgIpc) is 3.07. The Balaban J connectivity index is 1.45. The monoisotopic (exact) mass is 620 g/mol. The highest BCUT2D eigenvalue weighted by Gasteiger charge is 2.23. The first-order valence-corrected chi connectivity index (χ1v) is 12.4. The SMILES string of the molecule is O=C1NC(=Nc2cccc(Br)c2)S/C1=C\c1ccc(OCc2ccc(Br)cc2)c(Br)c1. The Kier molecular flexibility index (Phi) is 7.32. The Bertz CT molecular complexity index is 1190. The van der Waals surface area contributed by atoms with Gasteiger partial charge in [-0.15, -0.1) is 0 Å². The van der Waals surface area contributed by atoms with Crippen molar-refractivity contribution in [1.82, 2.24) is 5.32 Å². The normalized spacial score (nSPS) is 16.0. The topological polar surface area (TPSA) is 50.7 Å². The first-order chi connectivity index (χ1) is 15.0. The van der Waals surface area contributed by atoms with Crippen molar-refractivity contribution in [2.45, 2.75) is 6.61 Å². The van der Waals surface area contributed by atoms with Crippen LogP contribution >= 0.6 is 59.6 Å². The van der Waals surface area contributed by atoms with E-state index in [-0.39, 0.29) is 5.91 Å². The van der Waals surface area contributed by atoms with Crippen molar-refractivity contribution in [3.05, 3.63) is 96.2 Å². The summed E-state index contributed by atoms with van der Waals surface area (Å²) in [4.78, 5) is 17.4. The van der Waals surface area contributed by atoms with E-state index < -0.39 is 0 Å². The standard InChI is InChI=1S/C23H15Br3N2O2S/c24-16-7-4-14(5-8-16)13-30-20-9-6-15(10-19(20)26)11-21-22(29)28-23(31-21)27-18-3-1-2-17(25)12-18/h1-12H,13H2,(H,27,28,29)/b21-11-. The van der Waals surface area contributed by atoms with Crippen LogP contribution in [0.1, 0.15) is 11.1 Å². The predicted molar refractivity (Wildman–Crippen MR) is 138 cm³/mol. The molecule has 4 nitrogen and oxygen atoms in total. The van der Waals surface area contributed by atoms with Crippen molar-refractivity contribution in [3.8, 4) is 5.75 Å². The van der Waals surface area contributed by atoms with Gasteiger partial charge in [0.2, 0.25) is 0 Å². The third-order valence-corrected chi connectivity index (χ3v) is 6.80. The zero-order chi connectivity index (χ0) is 21.8. The van der Waals surface area contributed by atoms with Crippen molar-refractivity contribution in [1.29, 1.82) is 0 Å². The van der Waals surface area contributed by atoms with Gasteiger partial charge in [-0.25, -0.2) is 4.99 Å². The smallest absolute Gasteiger partial charge is 0.264 e. The minimum Gasteiger partial charge on any atom is -0.488 e. The molecular formula is C23H15Br3N2O2S. The van der Waals surface area contributed by atoms with Crippen LogP contribution in [-0.4, -0.2) is 11.1 Å². The van der Waals surface area contributed by atoms with Gasteiger partial charge in [0, 0.05) is 8.95 Å². The molecule has 156 valence electrons. The van der Waals surface area contributed by atoms with Crippen LogP contribution in [0.4, 0.5) is 5.69 Å². The molecule has 1 aliphatic rings. The first kappa shape index (κ1) is 22.3. The number of nitrogens with zero attached hydrogens (tertiary/aromatic N) is 1. The maximum atomic E-state index is 12.4. The van der Waals surface area contributed by atoms with Gasteiger partial charge in [-0.05, 0) is 87.4 Å². The molecule has 1 N–H and O–H groups in total. The van der Waals surface area contributed by atoms with Gasteiger partial charge in [-0.1, -0.05) is 56.1 Å². The zero-order valence-corrected chi connectivity index (χ0v) is 21.5. The van der Waals surface area contributed by atoms with Crippen molar-refractivity contribution >= 4 is 82.4 Å². The first-order valence-electron chi connectivity index (χ1n) is 9.18. The van der Waals surface area contributed by atoms with Crippen LogP contribution in [0.25, 0.3) is 6.08 Å². The molecule has 1 fully saturated rings. The molecule has 0 saturated carbocycles. The average molecular weight is 623 g/mol. The number of benzene rings is 3. The van der Waals surface area contributed by atoms with E-state index in [1.165, 1.54) is 11.8 Å². The summed E-state index contributed by atoms with van der Waals surface area (Å²) in [6.45, 7) is 0.472. The maximum Gasteiger partial charge on any atom is 0.264 e. The molecule has 8 heteroatoms. The van der Waals surface area contributed by atoms with E-state index in [0.717, 1.165) is 36.0 Å². The third-order valence-electron chi connectivity index (χ3n) is 4.25. The van der Waals surface area contributed by atoms with E-state index in [9.17, 15) is 4.79 Å². The third kappa shape index (κ3) is 6.10. The largest absolute Gasteiger partial charge is 0.488 e. The number of aliphatic imine (C=N–C) groups is 1. The lowest BCUT2D eigenvalue weighted by atomic mass is 10.2. The summed E-state index contributed by atoms with van der Waals surface area (Å²) in [5, 5.41) is 3.37. The molecular weight excluding hydrogens is 608 g/mol.